The Kier molecular flexibility index (Phi) is 5.67. The zero-order valence-corrected chi connectivity index (χ0v) is 16.3. The Balaban J connectivity index is 1.24. The van der Waals surface area contributed by atoms with E-state index in [1.54, 1.807) is 42.5 Å². The maximum atomic E-state index is 12.0. The summed E-state index contributed by atoms with van der Waals surface area (Å²) < 4.78 is 16.6. The van der Waals surface area contributed by atoms with E-state index in [0.717, 1.165) is 21.9 Å². The number of carbonyl (C=O) groups excluding carboxylic acids is 2. The summed E-state index contributed by atoms with van der Waals surface area (Å²) in [6.45, 7) is -0.574. The standard InChI is InChI=1S/C23H17N3O5/c24-12-15-5-7-16(8-6-15)29-13-22(27)25-26-23(28)14-30-17-9-10-21-19(11-17)18-3-1-2-4-20(18)31-21/h1-11H,13-14H2,(H,25,27)(H,26,28). The van der Waals surface area contributed by atoms with E-state index in [-0.39, 0.29) is 13.2 Å². The highest BCUT2D eigenvalue weighted by Gasteiger charge is 2.10. The minimum Gasteiger partial charge on any atom is -0.484 e. The molecular weight excluding hydrogens is 398 g/mol. The van der Waals surface area contributed by atoms with E-state index in [2.05, 4.69) is 10.9 Å². The molecule has 0 aliphatic carbocycles. The molecule has 31 heavy (non-hydrogen) atoms. The molecule has 8 nitrogen and oxygen atoms in total. The van der Waals surface area contributed by atoms with Crippen molar-refractivity contribution in [3.05, 3.63) is 72.3 Å². The minimum atomic E-state index is -0.538. The fraction of sp³-hybridized carbons (Fsp3) is 0.0870. The Labute approximate surface area is 176 Å². The van der Waals surface area contributed by atoms with E-state index < -0.39 is 11.8 Å². The minimum absolute atomic E-state index is 0.280. The van der Waals surface area contributed by atoms with Crippen LogP contribution in [-0.2, 0) is 9.59 Å². The lowest BCUT2D eigenvalue weighted by molar-refractivity contribution is -0.131. The third kappa shape index (κ3) is 4.74. The Morgan fingerprint density at radius 3 is 2.13 bits per heavy atom. The van der Waals surface area contributed by atoms with Gasteiger partial charge < -0.3 is 13.9 Å². The molecule has 8 heteroatoms. The second-order valence-corrected chi connectivity index (χ2v) is 6.57. The smallest absolute Gasteiger partial charge is 0.276 e. The second kappa shape index (κ2) is 8.88. The van der Waals surface area contributed by atoms with Crippen LogP contribution in [-0.4, -0.2) is 25.0 Å². The predicted octanol–water partition coefficient (Wildman–Crippen LogP) is 3.06. The Bertz CT molecular complexity index is 1290. The van der Waals surface area contributed by atoms with E-state index in [9.17, 15) is 9.59 Å². The van der Waals surface area contributed by atoms with E-state index in [1.165, 1.54) is 0 Å². The molecule has 0 unspecified atom stereocenters. The summed E-state index contributed by atoms with van der Waals surface area (Å²) in [5, 5.41) is 10.6. The van der Waals surface area contributed by atoms with Crippen molar-refractivity contribution in [3.8, 4) is 17.6 Å². The number of hydrogen-bond acceptors (Lipinski definition) is 6. The first kappa shape index (κ1) is 19.8. The molecule has 0 spiro atoms. The highest BCUT2D eigenvalue weighted by molar-refractivity contribution is 6.05. The molecule has 2 amide bonds. The number of nitrogens with zero attached hydrogens (tertiary/aromatic N) is 1. The second-order valence-electron chi connectivity index (χ2n) is 6.57. The first-order chi connectivity index (χ1) is 15.1. The normalized spacial score (nSPS) is 10.4. The molecule has 0 aliphatic heterocycles. The molecule has 0 atom stereocenters. The summed E-state index contributed by atoms with van der Waals surface area (Å²) in [6, 6.07) is 21.3. The van der Waals surface area contributed by atoms with Crippen molar-refractivity contribution in [2.45, 2.75) is 0 Å². The molecule has 0 bridgehead atoms. The van der Waals surface area contributed by atoms with Gasteiger partial charge in [0.15, 0.2) is 13.2 Å². The lowest BCUT2D eigenvalue weighted by Crippen LogP contribution is -2.45. The number of nitriles is 1. The van der Waals surface area contributed by atoms with E-state index >= 15 is 0 Å². The zero-order valence-electron chi connectivity index (χ0n) is 16.3. The third-order valence-electron chi connectivity index (χ3n) is 4.41. The summed E-state index contributed by atoms with van der Waals surface area (Å²) in [5.41, 5.74) is 6.51. The quantitative estimate of drug-likeness (QED) is 0.468. The molecule has 154 valence electrons. The number of fused-ring (bicyclic) bond motifs is 3. The maximum Gasteiger partial charge on any atom is 0.276 e. The van der Waals surface area contributed by atoms with Crippen LogP contribution < -0.4 is 20.3 Å². The van der Waals surface area contributed by atoms with Crippen LogP contribution in [0.2, 0.25) is 0 Å². The van der Waals surface area contributed by atoms with Crippen LogP contribution in [0.15, 0.2) is 71.1 Å². The Morgan fingerprint density at radius 1 is 0.806 bits per heavy atom. The molecular formula is C23H17N3O5. The summed E-state index contributed by atoms with van der Waals surface area (Å²) in [5.74, 6) is -0.122. The van der Waals surface area contributed by atoms with Crippen molar-refractivity contribution in [2.24, 2.45) is 0 Å². The fourth-order valence-electron chi connectivity index (χ4n) is 2.93. The summed E-state index contributed by atoms with van der Waals surface area (Å²) in [4.78, 5) is 23.8. The number of furan rings is 1. The topological polar surface area (TPSA) is 114 Å². The third-order valence-corrected chi connectivity index (χ3v) is 4.41. The van der Waals surface area contributed by atoms with Crippen LogP contribution in [0.25, 0.3) is 21.9 Å². The van der Waals surface area contributed by atoms with Gasteiger partial charge in [-0.1, -0.05) is 18.2 Å². The SMILES string of the molecule is N#Cc1ccc(OCC(=O)NNC(=O)COc2ccc3oc4ccccc4c3c2)cc1. The molecule has 0 radical (unpaired) electrons. The van der Waals surface area contributed by atoms with Crippen molar-refractivity contribution in [2.75, 3.05) is 13.2 Å². The molecule has 0 aliphatic rings. The number of hydrogen-bond donors (Lipinski definition) is 2. The number of rotatable bonds is 6. The molecule has 1 heterocycles. The monoisotopic (exact) mass is 415 g/mol. The molecule has 4 rings (SSSR count). The zero-order chi connectivity index (χ0) is 21.6. The van der Waals surface area contributed by atoms with E-state index in [0.29, 0.717) is 17.1 Å². The lowest BCUT2D eigenvalue weighted by Gasteiger charge is -2.10. The molecule has 2 N–H and O–H groups in total. The van der Waals surface area contributed by atoms with E-state index in [1.807, 2.05) is 30.3 Å². The number of benzene rings is 3. The number of para-hydroxylation sites is 1. The van der Waals surface area contributed by atoms with Crippen molar-refractivity contribution in [1.82, 2.24) is 10.9 Å². The highest BCUT2D eigenvalue weighted by atomic mass is 16.5. The number of amides is 2. The number of nitrogens with one attached hydrogen (secondary N) is 2. The van der Waals surface area contributed by atoms with Crippen LogP contribution >= 0.6 is 0 Å². The van der Waals surface area contributed by atoms with Gasteiger partial charge in [-0.05, 0) is 48.5 Å². The molecule has 1 aromatic heterocycles. The largest absolute Gasteiger partial charge is 0.484 e. The average Bonchev–Trinajstić information content (AvgIpc) is 3.18. The lowest BCUT2D eigenvalue weighted by atomic mass is 10.1. The highest BCUT2D eigenvalue weighted by Crippen LogP contribution is 2.31. The fourth-order valence-corrected chi connectivity index (χ4v) is 2.93. The van der Waals surface area contributed by atoms with Gasteiger partial charge in [0, 0.05) is 10.8 Å². The van der Waals surface area contributed by atoms with Gasteiger partial charge in [0.1, 0.15) is 22.7 Å². The van der Waals surface area contributed by atoms with Gasteiger partial charge in [0.2, 0.25) is 0 Å². The van der Waals surface area contributed by atoms with Crippen molar-refractivity contribution < 1.29 is 23.5 Å². The summed E-state index contributed by atoms with van der Waals surface area (Å²) >= 11 is 0. The molecule has 0 fully saturated rings. The predicted molar refractivity (Wildman–Crippen MR) is 112 cm³/mol. The van der Waals surface area contributed by atoms with Crippen LogP contribution in [0.3, 0.4) is 0 Å². The van der Waals surface area contributed by atoms with Crippen molar-refractivity contribution >= 4 is 33.8 Å². The van der Waals surface area contributed by atoms with Gasteiger partial charge in [-0.15, -0.1) is 0 Å². The van der Waals surface area contributed by atoms with Crippen LogP contribution in [0, 0.1) is 11.3 Å². The van der Waals surface area contributed by atoms with Gasteiger partial charge in [-0.25, -0.2) is 0 Å². The van der Waals surface area contributed by atoms with Crippen molar-refractivity contribution in [3.63, 3.8) is 0 Å². The van der Waals surface area contributed by atoms with Gasteiger partial charge in [-0.2, -0.15) is 5.26 Å². The molecule has 3 aromatic carbocycles. The van der Waals surface area contributed by atoms with Crippen LogP contribution in [0.4, 0.5) is 0 Å². The van der Waals surface area contributed by atoms with Gasteiger partial charge in [0.25, 0.3) is 11.8 Å². The average molecular weight is 415 g/mol. The van der Waals surface area contributed by atoms with Crippen LogP contribution in [0.1, 0.15) is 5.56 Å². The summed E-state index contributed by atoms with van der Waals surface area (Å²) in [6.07, 6.45) is 0. The van der Waals surface area contributed by atoms with Gasteiger partial charge >= 0.3 is 0 Å². The maximum absolute atomic E-state index is 12.0. The first-order valence-corrected chi connectivity index (χ1v) is 9.37. The van der Waals surface area contributed by atoms with Gasteiger partial charge in [0.05, 0.1) is 11.6 Å². The molecule has 0 saturated heterocycles. The first-order valence-electron chi connectivity index (χ1n) is 9.37. The summed E-state index contributed by atoms with van der Waals surface area (Å²) in [7, 11) is 0. The van der Waals surface area contributed by atoms with E-state index in [4.69, 9.17) is 19.2 Å². The van der Waals surface area contributed by atoms with Crippen molar-refractivity contribution in [1.29, 1.82) is 5.26 Å². The number of hydrazine groups is 1. The number of ether oxygens (including phenoxy) is 2. The number of carbonyl (C=O) groups is 2. The van der Waals surface area contributed by atoms with Gasteiger partial charge in [-0.3, -0.25) is 20.4 Å². The Morgan fingerprint density at radius 2 is 1.42 bits per heavy atom. The Hall–Kier alpha value is -4.51. The van der Waals surface area contributed by atoms with Crippen LogP contribution in [0.5, 0.6) is 11.5 Å². The molecule has 0 saturated carbocycles. The molecule has 4 aromatic rings.